The van der Waals surface area contributed by atoms with Gasteiger partial charge in [0.05, 0.1) is 21.8 Å². The third-order valence-corrected chi connectivity index (χ3v) is 6.14. The van der Waals surface area contributed by atoms with Gasteiger partial charge in [-0.2, -0.15) is 0 Å². The van der Waals surface area contributed by atoms with Gasteiger partial charge in [-0.15, -0.1) is 0 Å². The van der Waals surface area contributed by atoms with Crippen LogP contribution in [0, 0.1) is 0 Å². The average Bonchev–Trinajstić information content (AvgIpc) is 2.58. The molecule has 0 saturated heterocycles. The molecular weight excluding hydrogens is 395 g/mol. The summed E-state index contributed by atoms with van der Waals surface area (Å²) in [7, 11) is -2.04. The van der Waals surface area contributed by atoms with Gasteiger partial charge in [-0.05, 0) is 35.7 Å². The standard InChI is InChI=1S/C18H16Cl2N2O3S/c1-21(26(2,24)25)22-9-8-17(23)14-11-12(6-7-16(14)22)10-13-4-3-5-15(19)18(13)20/h3-9,11H,10H2,1-2H3. The number of hydrogen-bond donors (Lipinski definition) is 0. The van der Waals surface area contributed by atoms with E-state index < -0.39 is 10.0 Å². The van der Waals surface area contributed by atoms with Crippen molar-refractivity contribution in [2.24, 2.45) is 0 Å². The van der Waals surface area contributed by atoms with Crippen LogP contribution in [0.4, 0.5) is 0 Å². The first-order chi connectivity index (χ1) is 12.2. The van der Waals surface area contributed by atoms with Crippen molar-refractivity contribution >= 4 is 44.1 Å². The van der Waals surface area contributed by atoms with E-state index >= 15 is 0 Å². The van der Waals surface area contributed by atoms with Crippen molar-refractivity contribution in [1.29, 1.82) is 0 Å². The molecule has 26 heavy (non-hydrogen) atoms. The molecule has 1 aromatic heterocycles. The van der Waals surface area contributed by atoms with Crippen LogP contribution < -0.4 is 9.84 Å². The van der Waals surface area contributed by atoms with Gasteiger partial charge in [-0.1, -0.05) is 41.4 Å². The molecule has 5 nitrogen and oxygen atoms in total. The molecule has 0 aliphatic heterocycles. The third-order valence-electron chi connectivity index (χ3n) is 4.15. The summed E-state index contributed by atoms with van der Waals surface area (Å²) in [4.78, 5) is 12.3. The topological polar surface area (TPSA) is 59.4 Å². The van der Waals surface area contributed by atoms with Crippen molar-refractivity contribution < 1.29 is 8.42 Å². The van der Waals surface area contributed by atoms with Crippen LogP contribution in [0.15, 0.2) is 53.5 Å². The van der Waals surface area contributed by atoms with E-state index in [2.05, 4.69) is 0 Å². The van der Waals surface area contributed by atoms with Crippen molar-refractivity contribution in [2.45, 2.75) is 6.42 Å². The van der Waals surface area contributed by atoms with E-state index in [1.54, 1.807) is 18.2 Å². The summed E-state index contributed by atoms with van der Waals surface area (Å²) < 4.78 is 26.2. The minimum absolute atomic E-state index is 0.183. The second kappa shape index (κ2) is 6.95. The van der Waals surface area contributed by atoms with Gasteiger partial charge in [0.15, 0.2) is 5.43 Å². The van der Waals surface area contributed by atoms with Gasteiger partial charge in [-0.3, -0.25) is 9.47 Å². The number of aromatic nitrogens is 1. The molecule has 136 valence electrons. The van der Waals surface area contributed by atoms with E-state index in [4.69, 9.17) is 23.2 Å². The zero-order chi connectivity index (χ0) is 19.1. The zero-order valence-electron chi connectivity index (χ0n) is 14.1. The minimum atomic E-state index is -3.47. The zero-order valence-corrected chi connectivity index (χ0v) is 16.4. The molecule has 0 spiro atoms. The van der Waals surface area contributed by atoms with Crippen LogP contribution in [0.5, 0.6) is 0 Å². The molecule has 0 radical (unpaired) electrons. The summed E-state index contributed by atoms with van der Waals surface area (Å²) in [5, 5.41) is 1.39. The van der Waals surface area contributed by atoms with E-state index in [1.807, 2.05) is 18.2 Å². The van der Waals surface area contributed by atoms with Gasteiger partial charge in [0.2, 0.25) is 10.0 Å². The number of rotatable bonds is 4. The highest BCUT2D eigenvalue weighted by Gasteiger charge is 2.14. The maximum atomic E-state index is 12.3. The fourth-order valence-electron chi connectivity index (χ4n) is 2.71. The van der Waals surface area contributed by atoms with Crippen LogP contribution in [0.3, 0.4) is 0 Å². The summed E-state index contributed by atoms with van der Waals surface area (Å²) in [5.74, 6) is 0. The molecule has 0 atom stereocenters. The first-order valence-corrected chi connectivity index (χ1v) is 10.3. The van der Waals surface area contributed by atoms with Gasteiger partial charge < -0.3 is 0 Å². The Balaban J connectivity index is 2.11. The maximum Gasteiger partial charge on any atom is 0.245 e. The SMILES string of the molecule is CN(n1ccc(=O)c2cc(Cc3cccc(Cl)c3Cl)ccc21)S(C)(=O)=O. The lowest BCUT2D eigenvalue weighted by Crippen LogP contribution is -2.36. The molecule has 0 unspecified atom stereocenters. The Bertz CT molecular complexity index is 1160. The Morgan fingerprint density at radius 1 is 1.12 bits per heavy atom. The predicted octanol–water partition coefficient (Wildman–Crippen LogP) is 3.43. The Labute approximate surface area is 161 Å². The van der Waals surface area contributed by atoms with Crippen LogP contribution in [-0.4, -0.2) is 26.4 Å². The van der Waals surface area contributed by atoms with E-state index in [9.17, 15) is 13.2 Å². The second-order valence-corrected chi connectivity index (χ2v) is 8.74. The van der Waals surface area contributed by atoms with Crippen molar-refractivity contribution in [3.05, 3.63) is 80.1 Å². The summed E-state index contributed by atoms with van der Waals surface area (Å²) in [5.41, 5.74) is 2.05. The Kier molecular flexibility index (Phi) is 5.01. The van der Waals surface area contributed by atoms with E-state index in [0.717, 1.165) is 21.8 Å². The van der Waals surface area contributed by atoms with Crippen LogP contribution >= 0.6 is 23.2 Å². The number of halogens is 2. The molecule has 1 heterocycles. The van der Waals surface area contributed by atoms with Crippen LogP contribution in [-0.2, 0) is 16.4 Å². The highest BCUT2D eigenvalue weighted by molar-refractivity contribution is 7.91. The summed E-state index contributed by atoms with van der Waals surface area (Å²) >= 11 is 12.3. The lowest BCUT2D eigenvalue weighted by Gasteiger charge is -2.22. The Hall–Kier alpha value is -2.02. The number of fused-ring (bicyclic) bond motifs is 1. The van der Waals surface area contributed by atoms with E-state index in [1.165, 1.54) is 24.0 Å². The largest absolute Gasteiger partial charge is 0.289 e. The molecule has 3 aromatic rings. The summed E-state index contributed by atoms with van der Waals surface area (Å²) in [6.45, 7) is 0. The average molecular weight is 411 g/mol. The van der Waals surface area contributed by atoms with E-state index in [-0.39, 0.29) is 5.43 Å². The highest BCUT2D eigenvalue weighted by atomic mass is 35.5. The number of nitrogens with zero attached hydrogens (tertiary/aromatic N) is 2. The number of pyridine rings is 1. The maximum absolute atomic E-state index is 12.3. The Morgan fingerprint density at radius 2 is 1.85 bits per heavy atom. The Morgan fingerprint density at radius 3 is 2.54 bits per heavy atom. The molecule has 0 amide bonds. The van der Waals surface area contributed by atoms with Crippen molar-refractivity contribution in [3.8, 4) is 0 Å². The second-order valence-electron chi connectivity index (χ2n) is 5.96. The third kappa shape index (κ3) is 3.58. The fourth-order valence-corrected chi connectivity index (χ4v) is 3.56. The van der Waals surface area contributed by atoms with Gasteiger partial charge in [0.25, 0.3) is 0 Å². The number of sulfonamides is 1. The van der Waals surface area contributed by atoms with Gasteiger partial charge in [0.1, 0.15) is 0 Å². The molecule has 3 rings (SSSR count). The van der Waals surface area contributed by atoms with E-state index in [0.29, 0.717) is 27.4 Å². The molecule has 0 fully saturated rings. The summed E-state index contributed by atoms with van der Waals surface area (Å²) in [6.07, 6.45) is 3.05. The molecule has 8 heteroatoms. The smallest absolute Gasteiger partial charge is 0.245 e. The molecule has 0 N–H and O–H groups in total. The van der Waals surface area contributed by atoms with Crippen LogP contribution in [0.25, 0.3) is 10.9 Å². The van der Waals surface area contributed by atoms with Gasteiger partial charge >= 0.3 is 0 Å². The minimum Gasteiger partial charge on any atom is -0.289 e. The van der Waals surface area contributed by atoms with Crippen LogP contribution in [0.1, 0.15) is 11.1 Å². The van der Waals surface area contributed by atoms with Crippen molar-refractivity contribution in [3.63, 3.8) is 0 Å². The van der Waals surface area contributed by atoms with Crippen LogP contribution in [0.2, 0.25) is 10.0 Å². The van der Waals surface area contributed by atoms with Gasteiger partial charge in [-0.25, -0.2) is 12.8 Å². The lowest BCUT2D eigenvalue weighted by molar-refractivity contribution is 0.586. The normalized spacial score (nSPS) is 11.7. The highest BCUT2D eigenvalue weighted by Crippen LogP contribution is 2.28. The quantitative estimate of drug-likeness (QED) is 0.661. The molecule has 0 bridgehead atoms. The molecular formula is C18H16Cl2N2O3S. The molecule has 0 aliphatic rings. The number of hydrogen-bond acceptors (Lipinski definition) is 3. The monoisotopic (exact) mass is 410 g/mol. The lowest BCUT2D eigenvalue weighted by atomic mass is 10.0. The fraction of sp³-hybridized carbons (Fsp3) is 0.167. The first-order valence-electron chi connectivity index (χ1n) is 7.70. The van der Waals surface area contributed by atoms with Gasteiger partial charge in [0, 0.05) is 24.7 Å². The number of benzene rings is 2. The molecule has 0 aliphatic carbocycles. The molecule has 0 saturated carbocycles. The first kappa shape index (κ1) is 18.8. The van der Waals surface area contributed by atoms with Crippen molar-refractivity contribution in [1.82, 2.24) is 4.68 Å². The molecule has 2 aromatic carbocycles. The summed E-state index contributed by atoms with van der Waals surface area (Å²) in [6, 6.07) is 12.1. The van der Waals surface area contributed by atoms with Crippen molar-refractivity contribution in [2.75, 3.05) is 17.7 Å². The predicted molar refractivity (Wildman–Crippen MR) is 106 cm³/mol.